The Morgan fingerprint density at radius 1 is 1.45 bits per heavy atom. The van der Waals surface area contributed by atoms with Crippen molar-refractivity contribution in [2.75, 3.05) is 7.11 Å². The zero-order valence-corrected chi connectivity index (χ0v) is 13.4. The molecule has 0 bridgehead atoms. The lowest BCUT2D eigenvalue weighted by atomic mass is 9.94. The smallest absolute Gasteiger partial charge is 0.195 e. The van der Waals surface area contributed by atoms with Crippen LogP contribution in [0.5, 0.6) is 5.75 Å². The fraction of sp³-hybridized carbons (Fsp3) is 0.200. The number of halogens is 1. The second-order valence-corrected chi connectivity index (χ2v) is 6.02. The van der Waals surface area contributed by atoms with Crippen LogP contribution in [0.15, 0.2) is 34.1 Å². The van der Waals surface area contributed by atoms with Gasteiger partial charge in [-0.15, -0.1) is 11.3 Å². The highest BCUT2D eigenvalue weighted by Crippen LogP contribution is 2.31. The summed E-state index contributed by atoms with van der Waals surface area (Å²) in [6.45, 7) is 1.92. The van der Waals surface area contributed by atoms with Crippen LogP contribution in [0.3, 0.4) is 0 Å². The number of thiophene rings is 1. The van der Waals surface area contributed by atoms with Crippen molar-refractivity contribution in [3.05, 3.63) is 50.1 Å². The summed E-state index contributed by atoms with van der Waals surface area (Å²) >= 11 is 4.66. The Kier molecular flexibility index (Phi) is 4.58. The van der Waals surface area contributed by atoms with E-state index in [0.717, 1.165) is 10.0 Å². The number of Topliss-reactive ketones (excluding diaryl/α,β-unsaturated/α-hetero) is 1. The molecule has 0 aliphatic heterocycles. The molecule has 0 N–H and O–H groups in total. The summed E-state index contributed by atoms with van der Waals surface area (Å²) in [5.41, 5.74) is 1.62. The summed E-state index contributed by atoms with van der Waals surface area (Å²) in [5, 5.41) is 11.2. The molecule has 1 aromatic carbocycles. The fourth-order valence-corrected chi connectivity index (χ4v) is 3.44. The van der Waals surface area contributed by atoms with E-state index in [2.05, 4.69) is 22.0 Å². The van der Waals surface area contributed by atoms with Gasteiger partial charge >= 0.3 is 0 Å². The van der Waals surface area contributed by atoms with Crippen molar-refractivity contribution in [1.29, 1.82) is 5.26 Å². The van der Waals surface area contributed by atoms with E-state index in [1.165, 1.54) is 11.3 Å². The Hall–Kier alpha value is -1.64. The number of hydrogen-bond acceptors (Lipinski definition) is 4. The monoisotopic (exact) mass is 349 g/mol. The van der Waals surface area contributed by atoms with E-state index < -0.39 is 5.92 Å². The minimum atomic E-state index is -0.820. The number of rotatable bonds is 4. The van der Waals surface area contributed by atoms with E-state index in [4.69, 9.17) is 4.74 Å². The Morgan fingerprint density at radius 3 is 2.75 bits per heavy atom. The molecule has 0 aliphatic carbocycles. The molecule has 2 aromatic rings. The van der Waals surface area contributed by atoms with Gasteiger partial charge in [-0.05, 0) is 51.5 Å². The number of methoxy groups -OCH3 is 1. The molecule has 1 unspecified atom stereocenters. The predicted molar refractivity (Wildman–Crippen MR) is 82.4 cm³/mol. The number of ether oxygens (including phenoxy) is 1. The molecule has 20 heavy (non-hydrogen) atoms. The van der Waals surface area contributed by atoms with Crippen molar-refractivity contribution in [2.24, 2.45) is 0 Å². The van der Waals surface area contributed by atoms with Crippen LogP contribution in [0, 0.1) is 18.3 Å². The number of ketones is 1. The largest absolute Gasteiger partial charge is 0.496 e. The van der Waals surface area contributed by atoms with Crippen molar-refractivity contribution >= 4 is 33.0 Å². The normalized spacial score (nSPS) is 11.7. The van der Waals surface area contributed by atoms with E-state index in [-0.39, 0.29) is 5.78 Å². The van der Waals surface area contributed by atoms with Crippen LogP contribution in [0.1, 0.15) is 26.7 Å². The van der Waals surface area contributed by atoms with Gasteiger partial charge in [0.1, 0.15) is 11.7 Å². The Bertz CT molecular complexity index is 687. The van der Waals surface area contributed by atoms with Crippen LogP contribution < -0.4 is 4.74 Å². The van der Waals surface area contributed by atoms with E-state index >= 15 is 0 Å². The van der Waals surface area contributed by atoms with Crippen molar-refractivity contribution in [3.8, 4) is 11.8 Å². The highest BCUT2D eigenvalue weighted by atomic mass is 79.9. The van der Waals surface area contributed by atoms with Gasteiger partial charge in [0.2, 0.25) is 0 Å². The SMILES string of the molecule is COc1cc(C(C#N)C(=O)c2sccc2Br)ccc1C. The molecule has 2 rings (SSSR count). The molecular formula is C15H12BrNO2S. The van der Waals surface area contributed by atoms with Crippen molar-refractivity contribution in [3.63, 3.8) is 0 Å². The van der Waals surface area contributed by atoms with Crippen LogP contribution in [0.4, 0.5) is 0 Å². The lowest BCUT2D eigenvalue weighted by molar-refractivity contribution is 0.0982. The second kappa shape index (κ2) is 6.21. The topological polar surface area (TPSA) is 50.1 Å². The van der Waals surface area contributed by atoms with Crippen molar-refractivity contribution in [2.45, 2.75) is 12.8 Å². The summed E-state index contributed by atoms with van der Waals surface area (Å²) in [5.74, 6) is -0.333. The molecule has 0 fully saturated rings. The number of nitriles is 1. The van der Waals surface area contributed by atoms with Crippen LogP contribution in [0.2, 0.25) is 0 Å². The first-order valence-corrected chi connectivity index (χ1v) is 7.57. The zero-order valence-electron chi connectivity index (χ0n) is 11.0. The van der Waals surface area contributed by atoms with E-state index in [1.54, 1.807) is 19.2 Å². The Balaban J connectivity index is 2.41. The summed E-state index contributed by atoms with van der Waals surface area (Å²) in [6.07, 6.45) is 0. The molecule has 0 radical (unpaired) electrons. The standard InChI is InChI=1S/C15H12BrNO2S/c1-9-3-4-10(7-13(9)19-2)11(8-17)14(18)15-12(16)5-6-20-15/h3-7,11H,1-2H3. The predicted octanol–water partition coefficient (Wildman–Crippen LogP) is 4.32. The van der Waals surface area contributed by atoms with Crippen molar-refractivity contribution < 1.29 is 9.53 Å². The molecule has 0 saturated heterocycles. The van der Waals surface area contributed by atoms with E-state index in [9.17, 15) is 10.1 Å². The van der Waals surface area contributed by atoms with Gasteiger partial charge in [0, 0.05) is 4.47 Å². The number of hydrogen-bond donors (Lipinski definition) is 0. The van der Waals surface area contributed by atoms with Gasteiger partial charge in [0.25, 0.3) is 0 Å². The highest BCUT2D eigenvalue weighted by molar-refractivity contribution is 9.10. The molecule has 3 nitrogen and oxygen atoms in total. The van der Waals surface area contributed by atoms with Crippen molar-refractivity contribution in [1.82, 2.24) is 0 Å². The van der Waals surface area contributed by atoms with Gasteiger partial charge in [0.15, 0.2) is 5.78 Å². The second-order valence-electron chi connectivity index (χ2n) is 4.25. The molecule has 1 aromatic heterocycles. The maximum Gasteiger partial charge on any atom is 0.195 e. The molecule has 1 atom stereocenters. The number of carbonyl (C=O) groups excluding carboxylic acids is 1. The van der Waals surface area contributed by atoms with Gasteiger partial charge in [-0.1, -0.05) is 12.1 Å². The minimum Gasteiger partial charge on any atom is -0.496 e. The Labute approximate surface area is 129 Å². The van der Waals surface area contributed by atoms with Gasteiger partial charge in [-0.3, -0.25) is 4.79 Å². The Morgan fingerprint density at radius 2 is 2.20 bits per heavy atom. The molecule has 0 aliphatic rings. The minimum absolute atomic E-state index is 0.194. The summed E-state index contributed by atoms with van der Waals surface area (Å²) in [4.78, 5) is 13.0. The summed E-state index contributed by atoms with van der Waals surface area (Å²) < 4.78 is 5.98. The van der Waals surface area contributed by atoms with Gasteiger partial charge in [0.05, 0.1) is 18.1 Å². The fourth-order valence-electron chi connectivity index (χ4n) is 1.90. The number of benzene rings is 1. The molecule has 0 amide bonds. The average molecular weight is 350 g/mol. The van der Waals surface area contributed by atoms with Crippen LogP contribution in [0.25, 0.3) is 0 Å². The quantitative estimate of drug-likeness (QED) is 0.772. The molecule has 1 heterocycles. The zero-order chi connectivity index (χ0) is 14.7. The van der Waals surface area contributed by atoms with E-state index in [1.807, 2.05) is 24.4 Å². The maximum absolute atomic E-state index is 12.5. The van der Waals surface area contributed by atoms with Crippen LogP contribution >= 0.6 is 27.3 Å². The first-order chi connectivity index (χ1) is 9.58. The number of carbonyl (C=O) groups is 1. The third-order valence-electron chi connectivity index (χ3n) is 3.00. The molecule has 5 heteroatoms. The summed E-state index contributed by atoms with van der Waals surface area (Å²) in [7, 11) is 1.57. The van der Waals surface area contributed by atoms with Crippen LogP contribution in [-0.2, 0) is 0 Å². The van der Waals surface area contributed by atoms with E-state index in [0.29, 0.717) is 16.2 Å². The lowest BCUT2D eigenvalue weighted by Gasteiger charge is -2.11. The van der Waals surface area contributed by atoms with Gasteiger partial charge in [-0.25, -0.2) is 0 Å². The maximum atomic E-state index is 12.5. The first-order valence-electron chi connectivity index (χ1n) is 5.89. The molecule has 0 spiro atoms. The summed E-state index contributed by atoms with van der Waals surface area (Å²) in [6, 6.07) is 9.30. The average Bonchev–Trinajstić information content (AvgIpc) is 2.87. The van der Waals surface area contributed by atoms with Crippen LogP contribution in [-0.4, -0.2) is 12.9 Å². The molecular weight excluding hydrogens is 338 g/mol. The first kappa shape index (κ1) is 14.8. The number of aryl methyl sites for hydroxylation is 1. The van der Waals surface area contributed by atoms with Gasteiger partial charge in [-0.2, -0.15) is 5.26 Å². The molecule has 102 valence electrons. The third kappa shape index (κ3) is 2.77. The van der Waals surface area contributed by atoms with Gasteiger partial charge < -0.3 is 4.74 Å². The highest BCUT2D eigenvalue weighted by Gasteiger charge is 2.25. The lowest BCUT2D eigenvalue weighted by Crippen LogP contribution is -2.10. The third-order valence-corrected chi connectivity index (χ3v) is 4.85. The number of nitrogens with zero attached hydrogens (tertiary/aromatic N) is 1. The molecule has 0 saturated carbocycles.